The predicted octanol–water partition coefficient (Wildman–Crippen LogP) is 1.10. The SMILES string of the molecule is COCC(CO)Nc1c([N+](=O)[O-])c(C)nn1C(C)C. The third kappa shape index (κ3) is 3.42. The number of aromatic nitrogens is 2. The van der Waals surface area contributed by atoms with E-state index in [-0.39, 0.29) is 24.9 Å². The normalized spacial score (nSPS) is 12.7. The average molecular weight is 272 g/mol. The molecule has 19 heavy (non-hydrogen) atoms. The van der Waals surface area contributed by atoms with Crippen molar-refractivity contribution in [1.29, 1.82) is 0 Å². The molecule has 8 nitrogen and oxygen atoms in total. The summed E-state index contributed by atoms with van der Waals surface area (Å²) < 4.78 is 6.50. The summed E-state index contributed by atoms with van der Waals surface area (Å²) in [7, 11) is 1.50. The first-order valence-corrected chi connectivity index (χ1v) is 6.02. The summed E-state index contributed by atoms with van der Waals surface area (Å²) in [6, 6.07) is -0.450. The standard InChI is InChI=1S/C11H20N4O4/c1-7(2)14-11(12-9(5-16)6-19-4)10(15(17)18)8(3)13-14/h7,9,12,16H,5-6H2,1-4H3. The van der Waals surface area contributed by atoms with Crippen LogP contribution in [0.3, 0.4) is 0 Å². The molecule has 1 aromatic heterocycles. The zero-order chi connectivity index (χ0) is 14.6. The van der Waals surface area contributed by atoms with Gasteiger partial charge in [-0.1, -0.05) is 0 Å². The number of aliphatic hydroxyl groups is 1. The van der Waals surface area contributed by atoms with Crippen LogP contribution < -0.4 is 5.32 Å². The van der Waals surface area contributed by atoms with Gasteiger partial charge in [-0.2, -0.15) is 5.10 Å². The van der Waals surface area contributed by atoms with Crippen LogP contribution in [0.5, 0.6) is 0 Å². The Morgan fingerprint density at radius 3 is 2.63 bits per heavy atom. The fourth-order valence-corrected chi connectivity index (χ4v) is 1.80. The van der Waals surface area contributed by atoms with Gasteiger partial charge in [0.05, 0.1) is 24.2 Å². The van der Waals surface area contributed by atoms with E-state index in [1.165, 1.54) is 7.11 Å². The van der Waals surface area contributed by atoms with Crippen molar-refractivity contribution in [2.75, 3.05) is 25.6 Å². The van der Waals surface area contributed by atoms with Crippen molar-refractivity contribution in [2.45, 2.75) is 32.9 Å². The molecule has 0 amide bonds. The highest BCUT2D eigenvalue weighted by molar-refractivity contribution is 5.60. The lowest BCUT2D eigenvalue weighted by molar-refractivity contribution is -0.384. The van der Waals surface area contributed by atoms with E-state index in [1.54, 1.807) is 11.6 Å². The maximum absolute atomic E-state index is 11.1. The number of hydrogen-bond donors (Lipinski definition) is 2. The van der Waals surface area contributed by atoms with E-state index in [2.05, 4.69) is 10.4 Å². The highest BCUT2D eigenvalue weighted by Gasteiger charge is 2.28. The number of nitrogens with one attached hydrogen (secondary N) is 1. The molecule has 0 saturated heterocycles. The number of methoxy groups -OCH3 is 1. The molecule has 1 atom stereocenters. The lowest BCUT2D eigenvalue weighted by Crippen LogP contribution is -2.30. The lowest BCUT2D eigenvalue weighted by atomic mass is 10.3. The van der Waals surface area contributed by atoms with Crippen molar-refractivity contribution in [3.05, 3.63) is 15.8 Å². The summed E-state index contributed by atoms with van der Waals surface area (Å²) in [5, 5.41) is 27.5. The van der Waals surface area contributed by atoms with Crippen LogP contribution in [-0.2, 0) is 4.74 Å². The highest BCUT2D eigenvalue weighted by atomic mass is 16.6. The molecule has 1 aromatic rings. The second kappa shape index (κ2) is 6.48. The summed E-state index contributed by atoms with van der Waals surface area (Å²) in [6.07, 6.45) is 0. The minimum Gasteiger partial charge on any atom is -0.394 e. The van der Waals surface area contributed by atoms with Gasteiger partial charge in [0, 0.05) is 13.2 Å². The fraction of sp³-hybridized carbons (Fsp3) is 0.727. The molecule has 0 aliphatic carbocycles. The first kappa shape index (κ1) is 15.4. The van der Waals surface area contributed by atoms with E-state index >= 15 is 0 Å². The van der Waals surface area contributed by atoms with Crippen molar-refractivity contribution >= 4 is 11.5 Å². The van der Waals surface area contributed by atoms with Crippen LogP contribution in [0.25, 0.3) is 0 Å². The third-order valence-electron chi connectivity index (χ3n) is 2.65. The molecule has 0 aromatic carbocycles. The fourth-order valence-electron chi connectivity index (χ4n) is 1.80. The Hall–Kier alpha value is -1.67. The number of nitrogens with zero attached hydrogens (tertiary/aromatic N) is 3. The van der Waals surface area contributed by atoms with Crippen LogP contribution in [0.2, 0.25) is 0 Å². The van der Waals surface area contributed by atoms with Crippen LogP contribution >= 0.6 is 0 Å². The molecule has 0 saturated carbocycles. The van der Waals surface area contributed by atoms with E-state index in [9.17, 15) is 15.2 Å². The maximum atomic E-state index is 11.1. The molecule has 0 bridgehead atoms. The molecular formula is C11H20N4O4. The van der Waals surface area contributed by atoms with E-state index in [4.69, 9.17) is 4.74 Å². The zero-order valence-corrected chi connectivity index (χ0v) is 11.6. The van der Waals surface area contributed by atoms with Gasteiger partial charge in [0.15, 0.2) is 0 Å². The number of nitro groups is 1. The van der Waals surface area contributed by atoms with E-state index < -0.39 is 11.0 Å². The van der Waals surface area contributed by atoms with Crippen LogP contribution in [0.1, 0.15) is 25.6 Å². The molecule has 2 N–H and O–H groups in total. The number of hydrogen-bond acceptors (Lipinski definition) is 6. The van der Waals surface area contributed by atoms with Gasteiger partial charge >= 0.3 is 5.69 Å². The molecule has 0 aliphatic rings. The maximum Gasteiger partial charge on any atom is 0.333 e. The molecule has 108 valence electrons. The van der Waals surface area contributed by atoms with Gasteiger partial charge in [-0.15, -0.1) is 0 Å². The minimum absolute atomic E-state index is 0.0308. The monoisotopic (exact) mass is 272 g/mol. The second-order valence-electron chi connectivity index (χ2n) is 4.56. The average Bonchev–Trinajstić information content (AvgIpc) is 2.65. The Balaban J connectivity index is 3.17. The summed E-state index contributed by atoms with van der Waals surface area (Å²) in [6.45, 7) is 5.41. The predicted molar refractivity (Wildman–Crippen MR) is 70.4 cm³/mol. The zero-order valence-electron chi connectivity index (χ0n) is 11.6. The molecule has 0 aliphatic heterocycles. The quantitative estimate of drug-likeness (QED) is 0.569. The van der Waals surface area contributed by atoms with Crippen molar-refractivity contribution in [3.8, 4) is 0 Å². The van der Waals surface area contributed by atoms with Crippen molar-refractivity contribution in [3.63, 3.8) is 0 Å². The summed E-state index contributed by atoms with van der Waals surface area (Å²) >= 11 is 0. The molecule has 1 unspecified atom stereocenters. The van der Waals surface area contributed by atoms with Gasteiger partial charge in [0.25, 0.3) is 0 Å². The van der Waals surface area contributed by atoms with E-state index in [1.807, 2.05) is 13.8 Å². The Labute approximate surface area is 111 Å². The van der Waals surface area contributed by atoms with Crippen LogP contribution in [0.15, 0.2) is 0 Å². The Bertz CT molecular complexity index is 444. The summed E-state index contributed by atoms with van der Waals surface area (Å²) in [5.74, 6) is 0.300. The molecule has 0 radical (unpaired) electrons. The molecule has 1 rings (SSSR count). The van der Waals surface area contributed by atoms with Crippen molar-refractivity contribution in [1.82, 2.24) is 9.78 Å². The lowest BCUT2D eigenvalue weighted by Gasteiger charge is -2.18. The Morgan fingerprint density at radius 2 is 2.21 bits per heavy atom. The van der Waals surface area contributed by atoms with E-state index in [0.717, 1.165) is 0 Å². The minimum atomic E-state index is -0.467. The van der Waals surface area contributed by atoms with Gasteiger partial charge in [0.1, 0.15) is 5.69 Å². The Morgan fingerprint density at radius 1 is 1.58 bits per heavy atom. The van der Waals surface area contributed by atoms with Gasteiger partial charge in [0.2, 0.25) is 5.82 Å². The van der Waals surface area contributed by atoms with Gasteiger partial charge in [-0.05, 0) is 20.8 Å². The number of rotatable bonds is 7. The number of aliphatic hydroxyl groups excluding tert-OH is 1. The number of aryl methyl sites for hydroxylation is 1. The first-order valence-electron chi connectivity index (χ1n) is 6.02. The molecule has 0 fully saturated rings. The summed E-state index contributed by atoms with van der Waals surface area (Å²) in [4.78, 5) is 10.7. The molecule has 0 spiro atoms. The van der Waals surface area contributed by atoms with E-state index in [0.29, 0.717) is 11.5 Å². The van der Waals surface area contributed by atoms with Crippen LogP contribution in [0.4, 0.5) is 11.5 Å². The molecular weight excluding hydrogens is 252 g/mol. The third-order valence-corrected chi connectivity index (χ3v) is 2.65. The molecule has 8 heteroatoms. The van der Waals surface area contributed by atoms with Gasteiger partial charge in [-0.3, -0.25) is 10.1 Å². The highest BCUT2D eigenvalue weighted by Crippen LogP contribution is 2.31. The Kier molecular flexibility index (Phi) is 5.25. The van der Waals surface area contributed by atoms with Gasteiger partial charge < -0.3 is 15.2 Å². The topological polar surface area (TPSA) is 102 Å². The first-order chi connectivity index (χ1) is 8.92. The van der Waals surface area contributed by atoms with Crippen molar-refractivity contribution < 1.29 is 14.8 Å². The van der Waals surface area contributed by atoms with Crippen LogP contribution in [-0.4, -0.2) is 46.2 Å². The van der Waals surface area contributed by atoms with Crippen molar-refractivity contribution in [2.24, 2.45) is 0 Å². The second-order valence-corrected chi connectivity index (χ2v) is 4.56. The molecule has 1 heterocycles. The summed E-state index contributed by atoms with van der Waals surface area (Å²) in [5.41, 5.74) is 0.276. The van der Waals surface area contributed by atoms with Crippen LogP contribution in [0, 0.1) is 17.0 Å². The number of ether oxygens (including phenoxy) is 1. The van der Waals surface area contributed by atoms with Gasteiger partial charge in [-0.25, -0.2) is 4.68 Å². The smallest absolute Gasteiger partial charge is 0.333 e. The number of anilines is 1. The largest absolute Gasteiger partial charge is 0.394 e.